The summed E-state index contributed by atoms with van der Waals surface area (Å²) in [5, 5.41) is 0. The zero-order chi connectivity index (χ0) is 10.6. The first-order valence-electron chi connectivity index (χ1n) is 3.58. The van der Waals surface area contributed by atoms with Crippen LogP contribution in [0.4, 0.5) is 0 Å². The van der Waals surface area contributed by atoms with E-state index in [9.17, 15) is 17.8 Å². The van der Waals surface area contributed by atoms with Gasteiger partial charge in [-0.2, -0.15) is 0 Å². The molecule has 1 amide bonds. The average Bonchev–Trinajstić information content (AvgIpc) is 1.97. The van der Waals surface area contributed by atoms with Gasteiger partial charge in [-0.1, -0.05) is 6.58 Å². The van der Waals surface area contributed by atoms with E-state index in [1.807, 2.05) is 0 Å². The second-order valence-electron chi connectivity index (χ2n) is 2.77. The number of carbonyl (C=O) groups is 1. The van der Waals surface area contributed by atoms with Gasteiger partial charge in [-0.25, -0.2) is 8.42 Å². The molecular formula is C7H12KNO4S. The van der Waals surface area contributed by atoms with E-state index in [-0.39, 0.29) is 63.8 Å². The molecule has 0 heterocycles. The second kappa shape index (κ2) is 7.10. The number of nitrogens with zero attached hydrogens (tertiary/aromatic N) is 1. The normalized spacial score (nSPS) is 10.2. The Kier molecular flexibility index (Phi) is 8.70. The Morgan fingerprint density at radius 2 is 1.93 bits per heavy atom. The number of hydrogen-bond acceptors (Lipinski definition) is 4. The predicted octanol–water partition coefficient (Wildman–Crippen LogP) is -3.43. The van der Waals surface area contributed by atoms with Gasteiger partial charge in [-0.15, -0.1) is 0 Å². The van der Waals surface area contributed by atoms with Crippen LogP contribution < -0.4 is 51.4 Å². The summed E-state index contributed by atoms with van der Waals surface area (Å²) in [5.41, 5.74) is 0.311. The molecule has 0 bridgehead atoms. The summed E-state index contributed by atoms with van der Waals surface area (Å²) >= 11 is 0. The van der Waals surface area contributed by atoms with Crippen LogP contribution in [0.25, 0.3) is 0 Å². The predicted molar refractivity (Wildman–Crippen MR) is 47.0 cm³/mol. The van der Waals surface area contributed by atoms with Crippen molar-refractivity contribution in [2.75, 3.05) is 19.3 Å². The van der Waals surface area contributed by atoms with Crippen molar-refractivity contribution < 1.29 is 69.1 Å². The van der Waals surface area contributed by atoms with Crippen molar-refractivity contribution in [1.82, 2.24) is 4.90 Å². The van der Waals surface area contributed by atoms with E-state index in [2.05, 4.69) is 6.58 Å². The fourth-order valence-electron chi connectivity index (χ4n) is 0.676. The van der Waals surface area contributed by atoms with E-state index in [1.54, 1.807) is 0 Å². The summed E-state index contributed by atoms with van der Waals surface area (Å²) in [6.45, 7) is 4.82. The molecule has 0 spiro atoms. The molecule has 76 valence electrons. The number of rotatable bonds is 4. The quantitative estimate of drug-likeness (QED) is 0.293. The smallest absolute Gasteiger partial charge is 0.748 e. The maximum Gasteiger partial charge on any atom is 1.00 e. The minimum atomic E-state index is -4.25. The zero-order valence-electron chi connectivity index (χ0n) is 8.61. The molecule has 0 aliphatic carbocycles. The van der Waals surface area contributed by atoms with Gasteiger partial charge in [0.2, 0.25) is 5.91 Å². The molecule has 0 aromatic carbocycles. The summed E-state index contributed by atoms with van der Waals surface area (Å²) in [7, 11) is -2.83. The van der Waals surface area contributed by atoms with Gasteiger partial charge in [0.1, 0.15) is 0 Å². The molecule has 0 aromatic heterocycles. The third kappa shape index (κ3) is 8.10. The van der Waals surface area contributed by atoms with E-state index >= 15 is 0 Å². The Balaban J connectivity index is 0. The van der Waals surface area contributed by atoms with Gasteiger partial charge in [0.15, 0.2) is 0 Å². The van der Waals surface area contributed by atoms with Crippen molar-refractivity contribution in [3.05, 3.63) is 12.2 Å². The Labute approximate surface area is 127 Å². The topological polar surface area (TPSA) is 77.5 Å². The molecule has 0 saturated heterocycles. The van der Waals surface area contributed by atoms with Crippen molar-refractivity contribution in [1.29, 1.82) is 0 Å². The molecule has 7 heteroatoms. The van der Waals surface area contributed by atoms with Crippen LogP contribution in [-0.4, -0.2) is 43.1 Å². The van der Waals surface area contributed by atoms with Crippen LogP contribution in [-0.2, 0) is 14.9 Å². The van der Waals surface area contributed by atoms with Crippen molar-refractivity contribution in [3.8, 4) is 0 Å². The molecule has 14 heavy (non-hydrogen) atoms. The maximum atomic E-state index is 11.1. The van der Waals surface area contributed by atoms with Crippen LogP contribution in [0.1, 0.15) is 6.92 Å². The molecule has 5 nitrogen and oxygen atoms in total. The summed E-state index contributed by atoms with van der Waals surface area (Å²) < 4.78 is 30.6. The average molecular weight is 245 g/mol. The fourth-order valence-corrected chi connectivity index (χ4v) is 1.17. The Morgan fingerprint density at radius 3 is 2.21 bits per heavy atom. The molecular weight excluding hydrogens is 233 g/mol. The molecule has 0 aliphatic heterocycles. The van der Waals surface area contributed by atoms with Crippen molar-refractivity contribution in [2.24, 2.45) is 0 Å². The molecule has 0 radical (unpaired) electrons. The van der Waals surface area contributed by atoms with Crippen LogP contribution in [0.3, 0.4) is 0 Å². The van der Waals surface area contributed by atoms with Gasteiger partial charge in [0.25, 0.3) is 0 Å². The van der Waals surface area contributed by atoms with Crippen LogP contribution in [0.5, 0.6) is 0 Å². The van der Waals surface area contributed by atoms with Gasteiger partial charge in [0.05, 0.1) is 15.9 Å². The molecule has 0 unspecified atom stereocenters. The second-order valence-corrected chi connectivity index (χ2v) is 4.29. The van der Waals surface area contributed by atoms with Crippen LogP contribution in [0.2, 0.25) is 0 Å². The van der Waals surface area contributed by atoms with Crippen molar-refractivity contribution >= 4 is 16.0 Å². The Bertz CT molecular complexity index is 312. The van der Waals surface area contributed by atoms with Gasteiger partial charge in [0, 0.05) is 19.2 Å². The molecule has 0 aromatic rings. The summed E-state index contributed by atoms with van der Waals surface area (Å²) in [6.07, 6.45) is 0. The number of carbonyl (C=O) groups excluding carboxylic acids is 1. The van der Waals surface area contributed by atoms with E-state index in [1.165, 1.54) is 14.0 Å². The molecule has 0 rings (SSSR count). The van der Waals surface area contributed by atoms with Crippen molar-refractivity contribution in [2.45, 2.75) is 6.92 Å². The standard InChI is InChI=1S/C7H13NO4S.K/c1-6(2)7(9)8(3)4-5-13(10,11)12;/h1,4-5H2,2-3H3,(H,10,11,12);/q;+1/p-1. The van der Waals surface area contributed by atoms with Gasteiger partial charge < -0.3 is 9.45 Å². The molecule has 0 fully saturated rings. The number of likely N-dealkylation sites (N-methyl/N-ethyl adjacent to an activating group) is 1. The number of hydrogen-bond donors (Lipinski definition) is 0. The fraction of sp³-hybridized carbons (Fsp3) is 0.571. The van der Waals surface area contributed by atoms with Gasteiger partial charge >= 0.3 is 51.4 Å². The van der Waals surface area contributed by atoms with E-state index < -0.39 is 15.9 Å². The molecule has 0 N–H and O–H groups in total. The van der Waals surface area contributed by atoms with Crippen LogP contribution in [0.15, 0.2) is 12.2 Å². The first-order valence-corrected chi connectivity index (χ1v) is 5.16. The van der Waals surface area contributed by atoms with Crippen LogP contribution in [0, 0.1) is 0 Å². The number of amides is 1. The summed E-state index contributed by atoms with van der Waals surface area (Å²) in [5.74, 6) is -0.925. The molecule has 0 aliphatic rings. The minimum Gasteiger partial charge on any atom is -0.748 e. The van der Waals surface area contributed by atoms with E-state index in [0.717, 1.165) is 4.90 Å². The third-order valence-electron chi connectivity index (χ3n) is 1.39. The molecule has 0 atom stereocenters. The third-order valence-corrected chi connectivity index (χ3v) is 2.07. The Morgan fingerprint density at radius 1 is 1.50 bits per heavy atom. The van der Waals surface area contributed by atoms with E-state index in [4.69, 9.17) is 0 Å². The van der Waals surface area contributed by atoms with Crippen LogP contribution >= 0.6 is 0 Å². The first kappa shape index (κ1) is 17.2. The Hall–Kier alpha value is 0.756. The first-order chi connectivity index (χ1) is 5.74. The summed E-state index contributed by atoms with van der Waals surface area (Å²) in [4.78, 5) is 12.2. The molecule has 0 saturated carbocycles. The maximum absolute atomic E-state index is 11.1. The zero-order valence-corrected chi connectivity index (χ0v) is 12.5. The van der Waals surface area contributed by atoms with Gasteiger partial charge in [-0.3, -0.25) is 4.79 Å². The monoisotopic (exact) mass is 245 g/mol. The van der Waals surface area contributed by atoms with Gasteiger partial charge in [-0.05, 0) is 6.92 Å². The SMILES string of the molecule is C=C(C)C(=O)N(C)CCS(=O)(=O)[O-].[K+]. The minimum absolute atomic E-state index is 0. The van der Waals surface area contributed by atoms with Crippen molar-refractivity contribution in [3.63, 3.8) is 0 Å². The largest absolute Gasteiger partial charge is 1.00 e. The summed E-state index contributed by atoms with van der Waals surface area (Å²) in [6, 6.07) is 0. The van der Waals surface area contributed by atoms with E-state index in [0.29, 0.717) is 5.57 Å².